The van der Waals surface area contributed by atoms with E-state index in [0.29, 0.717) is 17.8 Å². The highest BCUT2D eigenvalue weighted by Crippen LogP contribution is 2.35. The Hall–Kier alpha value is -2.40. The van der Waals surface area contributed by atoms with E-state index in [-0.39, 0.29) is 42.8 Å². The van der Waals surface area contributed by atoms with Crippen molar-refractivity contribution in [2.24, 2.45) is 0 Å². The largest absolute Gasteiger partial charge is 0.448 e. The molecule has 0 aliphatic carbocycles. The van der Waals surface area contributed by atoms with Crippen molar-refractivity contribution < 1.29 is 18.7 Å². The summed E-state index contributed by atoms with van der Waals surface area (Å²) in [4.78, 5) is 29.7. The van der Waals surface area contributed by atoms with Gasteiger partial charge < -0.3 is 25.2 Å². The zero-order chi connectivity index (χ0) is 23.0. The second kappa shape index (κ2) is 10.9. The molecule has 0 saturated carbocycles. The molecule has 2 aromatic rings. The third-order valence-corrected chi connectivity index (χ3v) is 6.02. The van der Waals surface area contributed by atoms with Crippen LogP contribution in [0, 0.1) is 5.82 Å². The highest BCUT2D eigenvalue weighted by Gasteiger charge is 2.38. The van der Waals surface area contributed by atoms with E-state index in [2.05, 4.69) is 32.6 Å². The fraction of sp³-hybridized carbons (Fsp3) is 0.500. The Morgan fingerprint density at radius 1 is 1.21 bits per heavy atom. The summed E-state index contributed by atoms with van der Waals surface area (Å²) in [6.45, 7) is 9.55. The molecule has 1 fully saturated rings. The zero-order valence-corrected chi connectivity index (χ0v) is 21.3. The molecule has 1 amide bonds. The number of aromatic nitrogens is 2. The Bertz CT molecular complexity index is 1050. The van der Waals surface area contributed by atoms with Crippen molar-refractivity contribution in [1.82, 2.24) is 20.0 Å². The van der Waals surface area contributed by atoms with Gasteiger partial charge in [-0.05, 0) is 46.0 Å². The van der Waals surface area contributed by atoms with Crippen LogP contribution in [0.3, 0.4) is 0 Å². The molecule has 1 saturated heterocycles. The molecule has 3 heterocycles. The first kappa shape index (κ1) is 27.8. The molecule has 2 aliphatic heterocycles. The number of ether oxygens (including phenoxy) is 1. The molecule has 0 atom stereocenters. The number of rotatable bonds is 4. The van der Waals surface area contributed by atoms with E-state index >= 15 is 0 Å². The topological polar surface area (TPSA) is 91.7 Å². The second-order valence-electron chi connectivity index (χ2n) is 8.67. The summed E-state index contributed by atoms with van der Waals surface area (Å²) in [7, 11) is 2.06. The van der Waals surface area contributed by atoms with Gasteiger partial charge in [0.1, 0.15) is 11.6 Å². The van der Waals surface area contributed by atoms with Crippen molar-refractivity contribution in [2.75, 3.05) is 50.1 Å². The predicted octanol–water partition coefficient (Wildman–Crippen LogP) is 3.21. The molecule has 0 radical (unpaired) electrons. The maximum atomic E-state index is 14.9. The normalized spacial score (nSPS) is 16.8. The first-order valence-corrected chi connectivity index (χ1v) is 10.8. The van der Waals surface area contributed by atoms with Crippen LogP contribution in [-0.2, 0) is 16.8 Å². The number of nitrogens with zero attached hydrogens (tertiary/aromatic N) is 4. The highest BCUT2D eigenvalue weighted by atomic mass is 35.5. The van der Waals surface area contributed by atoms with Gasteiger partial charge in [0.2, 0.25) is 0 Å². The van der Waals surface area contributed by atoms with Gasteiger partial charge in [-0.25, -0.2) is 9.18 Å². The van der Waals surface area contributed by atoms with E-state index in [0.717, 1.165) is 36.5 Å². The molecule has 12 heteroatoms. The number of benzene rings is 1. The van der Waals surface area contributed by atoms with Crippen molar-refractivity contribution >= 4 is 48.3 Å². The summed E-state index contributed by atoms with van der Waals surface area (Å²) >= 11 is 0. The monoisotopic (exact) mass is 516 g/mol. The van der Waals surface area contributed by atoms with Gasteiger partial charge in [0.15, 0.2) is 0 Å². The molecule has 2 N–H and O–H groups in total. The van der Waals surface area contributed by atoms with E-state index < -0.39 is 23.4 Å². The first-order chi connectivity index (χ1) is 15.2. The standard InChI is InChI=1S/C22H29FN6O3.2ClH/c1-5-32-21(31)29-19(16-13-24-22(2,3)18(16)26-29)25-20(30)15-7-6-14(12-17(15)23)28-10-8-27(4)9-11-28;;/h6-7,12,24H,5,8-11,13H2,1-4H3,(H,25,30);2*1H. The predicted molar refractivity (Wildman–Crippen MR) is 133 cm³/mol. The molecular weight excluding hydrogens is 486 g/mol. The minimum atomic E-state index is -0.695. The summed E-state index contributed by atoms with van der Waals surface area (Å²) in [5, 5.41) is 10.4. The quantitative estimate of drug-likeness (QED) is 0.644. The number of hydrogen-bond donors (Lipinski definition) is 2. The summed E-state index contributed by atoms with van der Waals surface area (Å²) in [5.74, 6) is -1.06. The van der Waals surface area contributed by atoms with Crippen molar-refractivity contribution in [3.63, 3.8) is 0 Å². The highest BCUT2D eigenvalue weighted by molar-refractivity contribution is 6.05. The van der Waals surface area contributed by atoms with Crippen LogP contribution < -0.4 is 15.5 Å². The molecule has 34 heavy (non-hydrogen) atoms. The van der Waals surface area contributed by atoms with Crippen LogP contribution in [0.4, 0.5) is 20.7 Å². The number of likely N-dealkylation sites (N-methyl/N-ethyl adjacent to an activating group) is 1. The lowest BCUT2D eigenvalue weighted by atomic mass is 10.0. The molecule has 1 aromatic heterocycles. The molecule has 1 aromatic carbocycles. The Balaban J connectivity index is 0.00000204. The smallest absolute Gasteiger partial charge is 0.436 e. The maximum absolute atomic E-state index is 14.9. The second-order valence-corrected chi connectivity index (χ2v) is 8.67. The van der Waals surface area contributed by atoms with Gasteiger partial charge in [-0.2, -0.15) is 5.10 Å². The van der Waals surface area contributed by atoms with Crippen LogP contribution >= 0.6 is 24.8 Å². The minimum Gasteiger partial charge on any atom is -0.448 e. The van der Waals surface area contributed by atoms with E-state index in [4.69, 9.17) is 4.74 Å². The number of halogens is 3. The number of carbonyl (C=O) groups excluding carboxylic acids is 2. The average molecular weight is 517 g/mol. The van der Waals surface area contributed by atoms with Crippen LogP contribution in [0.15, 0.2) is 18.2 Å². The Morgan fingerprint density at radius 3 is 2.50 bits per heavy atom. The lowest BCUT2D eigenvalue weighted by molar-refractivity contribution is 0.102. The number of amides is 1. The molecule has 0 spiro atoms. The van der Waals surface area contributed by atoms with Crippen molar-refractivity contribution in [3.8, 4) is 0 Å². The zero-order valence-electron chi connectivity index (χ0n) is 19.7. The Morgan fingerprint density at radius 2 is 1.88 bits per heavy atom. The Kier molecular flexibility index (Phi) is 8.92. The summed E-state index contributed by atoms with van der Waals surface area (Å²) < 4.78 is 21.0. The van der Waals surface area contributed by atoms with Crippen molar-refractivity contribution in [2.45, 2.75) is 32.9 Å². The number of hydrogen-bond acceptors (Lipinski definition) is 7. The van der Waals surface area contributed by atoms with Gasteiger partial charge in [0, 0.05) is 44.0 Å². The molecule has 9 nitrogen and oxygen atoms in total. The first-order valence-electron chi connectivity index (χ1n) is 10.8. The fourth-order valence-electron chi connectivity index (χ4n) is 4.08. The summed E-state index contributed by atoms with van der Waals surface area (Å²) in [6, 6.07) is 4.62. The SMILES string of the molecule is CCOC(=O)n1nc2c(c1NC(=O)c1ccc(N3CCN(C)CC3)cc1F)CNC2(C)C.Cl.Cl. The van der Waals surface area contributed by atoms with Crippen LogP contribution in [0.1, 0.15) is 42.4 Å². The maximum Gasteiger partial charge on any atom is 0.436 e. The minimum absolute atomic E-state index is 0. The summed E-state index contributed by atoms with van der Waals surface area (Å²) in [6.07, 6.45) is -0.695. The Labute approximate surface area is 210 Å². The van der Waals surface area contributed by atoms with Crippen LogP contribution in [0.5, 0.6) is 0 Å². The molecule has 2 aliphatic rings. The van der Waals surface area contributed by atoms with Crippen molar-refractivity contribution in [1.29, 1.82) is 0 Å². The van der Waals surface area contributed by atoms with E-state index in [1.54, 1.807) is 13.0 Å². The third kappa shape index (κ3) is 5.30. The van der Waals surface area contributed by atoms with Crippen LogP contribution in [-0.4, -0.2) is 66.5 Å². The van der Waals surface area contributed by atoms with Gasteiger partial charge in [-0.1, -0.05) is 0 Å². The molecule has 0 unspecified atom stereocenters. The average Bonchev–Trinajstić information content (AvgIpc) is 3.26. The number of anilines is 2. The molecule has 188 valence electrons. The van der Waals surface area contributed by atoms with Crippen LogP contribution in [0.25, 0.3) is 0 Å². The molecule has 4 rings (SSSR count). The van der Waals surface area contributed by atoms with E-state index in [9.17, 15) is 14.0 Å². The lowest BCUT2D eigenvalue weighted by Gasteiger charge is -2.34. The third-order valence-electron chi connectivity index (χ3n) is 6.02. The van der Waals surface area contributed by atoms with Gasteiger partial charge in [-0.3, -0.25) is 4.79 Å². The van der Waals surface area contributed by atoms with Gasteiger partial charge in [0.25, 0.3) is 5.91 Å². The number of carbonyl (C=O) groups is 2. The number of nitrogens with one attached hydrogen (secondary N) is 2. The number of piperazine rings is 1. The van der Waals surface area contributed by atoms with Crippen LogP contribution in [0.2, 0.25) is 0 Å². The molecular formula is C22H31Cl2FN6O3. The van der Waals surface area contributed by atoms with Crippen molar-refractivity contribution in [3.05, 3.63) is 40.8 Å². The molecule has 0 bridgehead atoms. The van der Waals surface area contributed by atoms with Gasteiger partial charge >= 0.3 is 6.09 Å². The van der Waals surface area contributed by atoms with Gasteiger partial charge in [0.05, 0.1) is 23.4 Å². The van der Waals surface area contributed by atoms with E-state index in [1.165, 1.54) is 12.1 Å². The fourth-order valence-corrected chi connectivity index (χ4v) is 4.08. The summed E-state index contributed by atoms with van der Waals surface area (Å²) in [5.41, 5.74) is 1.51. The lowest BCUT2D eigenvalue weighted by Crippen LogP contribution is -2.44. The number of fused-ring (bicyclic) bond motifs is 1. The van der Waals surface area contributed by atoms with Gasteiger partial charge in [-0.15, -0.1) is 29.5 Å². The van der Waals surface area contributed by atoms with E-state index in [1.807, 2.05) is 13.8 Å².